The van der Waals surface area contributed by atoms with Gasteiger partial charge in [0.05, 0.1) is 16.2 Å². The minimum atomic E-state index is -0.185. The maximum Gasteiger partial charge on any atom is 0.262 e. The molecule has 8 heteroatoms. The molecule has 0 N–H and O–H groups in total. The summed E-state index contributed by atoms with van der Waals surface area (Å²) in [6, 6.07) is 7.40. The van der Waals surface area contributed by atoms with Gasteiger partial charge in [-0.2, -0.15) is 4.98 Å². The van der Waals surface area contributed by atoms with E-state index in [-0.39, 0.29) is 16.2 Å². The Morgan fingerprint density at radius 1 is 1.25 bits per heavy atom. The number of hydrogen-bond acceptors (Lipinski definition) is 7. The van der Waals surface area contributed by atoms with Crippen molar-refractivity contribution < 1.29 is 9.26 Å². The van der Waals surface area contributed by atoms with Crippen LogP contribution in [-0.2, 0) is 16.7 Å². The van der Waals surface area contributed by atoms with E-state index in [9.17, 15) is 4.79 Å². The Morgan fingerprint density at radius 3 is 2.68 bits per heavy atom. The smallest absolute Gasteiger partial charge is 0.262 e. The van der Waals surface area contributed by atoms with Crippen LogP contribution in [0.3, 0.4) is 0 Å². The van der Waals surface area contributed by atoms with Crippen LogP contribution in [0.25, 0.3) is 10.9 Å². The first-order chi connectivity index (χ1) is 13.3. The molecule has 0 bridgehead atoms. The van der Waals surface area contributed by atoms with Crippen molar-refractivity contribution in [2.45, 2.75) is 56.5 Å². The Labute approximate surface area is 168 Å². The van der Waals surface area contributed by atoms with Gasteiger partial charge in [-0.25, -0.2) is 4.98 Å². The Bertz CT molecular complexity index is 1010. The average Bonchev–Trinajstić information content (AvgIpc) is 3.15. The van der Waals surface area contributed by atoms with Gasteiger partial charge in [-0.05, 0) is 25.5 Å². The number of aromatic nitrogens is 4. The van der Waals surface area contributed by atoms with Crippen molar-refractivity contribution in [3.8, 4) is 0 Å². The molecule has 7 nitrogen and oxygen atoms in total. The van der Waals surface area contributed by atoms with E-state index in [0.29, 0.717) is 40.9 Å². The zero-order valence-corrected chi connectivity index (χ0v) is 17.7. The molecule has 0 saturated carbocycles. The Morgan fingerprint density at radius 2 is 2.00 bits per heavy atom. The topological polar surface area (TPSA) is 83.0 Å². The Hall–Kier alpha value is -2.19. The van der Waals surface area contributed by atoms with E-state index in [0.717, 1.165) is 6.42 Å². The molecule has 0 unspecified atom stereocenters. The maximum atomic E-state index is 13.0. The van der Waals surface area contributed by atoms with Crippen LogP contribution in [0, 0.1) is 0 Å². The molecule has 0 aliphatic heterocycles. The number of benzene rings is 1. The molecule has 0 aliphatic carbocycles. The number of para-hydroxylation sites is 1. The van der Waals surface area contributed by atoms with E-state index >= 15 is 0 Å². The molecule has 0 saturated heterocycles. The van der Waals surface area contributed by atoms with Crippen molar-refractivity contribution in [1.29, 1.82) is 0 Å². The summed E-state index contributed by atoms with van der Waals surface area (Å²) in [5.74, 6) is 1.19. The summed E-state index contributed by atoms with van der Waals surface area (Å²) in [6.07, 6.45) is 0.729. The highest BCUT2D eigenvalue weighted by atomic mass is 32.2. The second kappa shape index (κ2) is 8.45. The predicted octanol–water partition coefficient (Wildman–Crippen LogP) is 3.97. The van der Waals surface area contributed by atoms with Crippen LogP contribution in [0.5, 0.6) is 0 Å². The molecule has 0 radical (unpaired) electrons. The fourth-order valence-electron chi connectivity index (χ4n) is 2.72. The quantitative estimate of drug-likeness (QED) is 0.336. The monoisotopic (exact) mass is 402 g/mol. The lowest BCUT2D eigenvalue weighted by Gasteiger charge is -2.15. The van der Waals surface area contributed by atoms with Crippen LogP contribution in [0.15, 0.2) is 38.7 Å². The molecule has 0 spiro atoms. The highest BCUT2D eigenvalue weighted by molar-refractivity contribution is 7.99. The lowest BCUT2D eigenvalue weighted by Crippen LogP contribution is -2.24. The first-order valence-electron chi connectivity index (χ1n) is 9.30. The zero-order valence-electron chi connectivity index (χ0n) is 16.9. The van der Waals surface area contributed by atoms with Gasteiger partial charge in [-0.1, -0.05) is 49.8 Å². The van der Waals surface area contributed by atoms with Crippen LogP contribution in [0.2, 0.25) is 0 Å². The molecule has 0 amide bonds. The van der Waals surface area contributed by atoms with Gasteiger partial charge < -0.3 is 9.26 Å². The van der Waals surface area contributed by atoms with E-state index < -0.39 is 0 Å². The molecule has 2 aromatic heterocycles. The molecule has 3 rings (SSSR count). The molecule has 2 heterocycles. The van der Waals surface area contributed by atoms with Gasteiger partial charge in [-0.15, -0.1) is 0 Å². The molecule has 150 valence electrons. The van der Waals surface area contributed by atoms with Gasteiger partial charge in [0.1, 0.15) is 0 Å². The minimum Gasteiger partial charge on any atom is -0.385 e. The average molecular weight is 403 g/mol. The number of rotatable bonds is 7. The summed E-state index contributed by atoms with van der Waals surface area (Å²) < 4.78 is 12.3. The van der Waals surface area contributed by atoms with Crippen molar-refractivity contribution in [1.82, 2.24) is 19.7 Å². The lowest BCUT2D eigenvalue weighted by molar-refractivity contribution is 0.189. The summed E-state index contributed by atoms with van der Waals surface area (Å²) in [5, 5.41) is 5.22. The molecular formula is C20H26N4O3S. The number of ether oxygens (including phenoxy) is 1. The molecular weight excluding hydrogens is 376 g/mol. The standard InChI is InChI=1S/C20H26N4O3S/c1-13(16-22-18(23-27-16)20(2,3)4)28-19-21-15-10-7-6-9-14(15)17(25)24(19)11-8-12-26-5/h6-7,9-10,13H,8,11-12H2,1-5H3/t13-/m0/s1. The predicted molar refractivity (Wildman–Crippen MR) is 110 cm³/mol. The van der Waals surface area contributed by atoms with Crippen LogP contribution in [0.1, 0.15) is 51.1 Å². The molecule has 3 aromatic rings. The maximum absolute atomic E-state index is 13.0. The normalized spacial score (nSPS) is 13.2. The Balaban J connectivity index is 1.95. The van der Waals surface area contributed by atoms with Gasteiger partial charge in [0.2, 0.25) is 5.89 Å². The fourth-order valence-corrected chi connectivity index (χ4v) is 3.68. The SMILES string of the molecule is COCCCn1c(S[C@@H](C)c2nc(C(C)(C)C)no2)nc2ccccc2c1=O. The summed E-state index contributed by atoms with van der Waals surface area (Å²) in [4.78, 5) is 22.3. The van der Waals surface area contributed by atoms with Crippen molar-refractivity contribution >= 4 is 22.7 Å². The second-order valence-corrected chi connectivity index (χ2v) is 8.99. The molecule has 28 heavy (non-hydrogen) atoms. The van der Waals surface area contributed by atoms with E-state index in [1.165, 1.54) is 11.8 Å². The molecule has 0 aliphatic rings. The zero-order chi connectivity index (χ0) is 20.3. The van der Waals surface area contributed by atoms with Crippen molar-refractivity contribution in [2.24, 2.45) is 0 Å². The number of methoxy groups -OCH3 is 1. The molecule has 0 fully saturated rings. The first-order valence-corrected chi connectivity index (χ1v) is 10.2. The minimum absolute atomic E-state index is 0.0442. The van der Waals surface area contributed by atoms with E-state index in [4.69, 9.17) is 14.2 Å². The number of fused-ring (bicyclic) bond motifs is 1. The van der Waals surface area contributed by atoms with Crippen LogP contribution in [-0.4, -0.2) is 33.4 Å². The van der Waals surface area contributed by atoms with Crippen molar-refractivity contribution in [3.05, 3.63) is 46.3 Å². The van der Waals surface area contributed by atoms with Crippen molar-refractivity contribution in [2.75, 3.05) is 13.7 Å². The highest BCUT2D eigenvalue weighted by Gasteiger charge is 2.25. The van der Waals surface area contributed by atoms with Gasteiger partial charge in [-0.3, -0.25) is 9.36 Å². The summed E-state index contributed by atoms with van der Waals surface area (Å²) in [6.45, 7) is 9.22. The summed E-state index contributed by atoms with van der Waals surface area (Å²) in [5.41, 5.74) is 0.457. The van der Waals surface area contributed by atoms with Crippen LogP contribution < -0.4 is 5.56 Å². The second-order valence-electron chi connectivity index (χ2n) is 7.68. The van der Waals surface area contributed by atoms with Crippen LogP contribution in [0.4, 0.5) is 0 Å². The number of nitrogens with zero attached hydrogens (tertiary/aromatic N) is 4. The van der Waals surface area contributed by atoms with Gasteiger partial charge in [0, 0.05) is 25.7 Å². The van der Waals surface area contributed by atoms with E-state index in [1.54, 1.807) is 11.7 Å². The molecule has 1 aromatic carbocycles. The Kier molecular flexibility index (Phi) is 6.20. The summed E-state index contributed by atoms with van der Waals surface area (Å²) in [7, 11) is 1.65. The largest absolute Gasteiger partial charge is 0.385 e. The third-order valence-corrected chi connectivity index (χ3v) is 5.38. The first kappa shape index (κ1) is 20.5. The van der Waals surface area contributed by atoms with E-state index in [1.807, 2.05) is 52.0 Å². The van der Waals surface area contributed by atoms with Crippen molar-refractivity contribution in [3.63, 3.8) is 0 Å². The highest BCUT2D eigenvalue weighted by Crippen LogP contribution is 2.34. The van der Waals surface area contributed by atoms with Gasteiger partial charge >= 0.3 is 0 Å². The van der Waals surface area contributed by atoms with Gasteiger partial charge in [0.15, 0.2) is 11.0 Å². The number of thioether (sulfide) groups is 1. The molecule has 1 atom stereocenters. The third kappa shape index (κ3) is 4.44. The van der Waals surface area contributed by atoms with Gasteiger partial charge in [0.25, 0.3) is 5.56 Å². The summed E-state index contributed by atoms with van der Waals surface area (Å²) >= 11 is 1.45. The van der Waals surface area contributed by atoms with E-state index in [2.05, 4.69) is 10.1 Å². The third-order valence-electron chi connectivity index (χ3n) is 4.30. The number of hydrogen-bond donors (Lipinski definition) is 0. The van der Waals surface area contributed by atoms with Crippen LogP contribution >= 0.6 is 11.8 Å². The lowest BCUT2D eigenvalue weighted by atomic mass is 9.96. The fraction of sp³-hybridized carbons (Fsp3) is 0.500.